The van der Waals surface area contributed by atoms with Crippen molar-refractivity contribution in [2.24, 2.45) is 5.92 Å². The third-order valence-corrected chi connectivity index (χ3v) is 5.38. The highest BCUT2D eigenvalue weighted by Crippen LogP contribution is 2.44. The maximum atomic E-state index is 2.38. The Bertz CT molecular complexity index is 176. The second-order valence-corrected chi connectivity index (χ2v) is 5.94. The second-order valence-electron chi connectivity index (χ2n) is 3.56. The first-order valence-electron chi connectivity index (χ1n) is 4.17. The van der Waals surface area contributed by atoms with Gasteiger partial charge in [0.05, 0.1) is 0 Å². The van der Waals surface area contributed by atoms with Crippen molar-refractivity contribution in [3.05, 3.63) is 6.04 Å². The van der Waals surface area contributed by atoms with Gasteiger partial charge in [-0.2, -0.15) is 0 Å². The molecule has 3 unspecified atom stereocenters. The topological polar surface area (TPSA) is 3.01 Å². The fourth-order valence-corrected chi connectivity index (χ4v) is 3.35. The first-order valence-corrected chi connectivity index (χ1v) is 6.10. The molecule has 64 valence electrons. The maximum Gasteiger partial charge on any atom is 0.105 e. The van der Waals surface area contributed by atoms with E-state index in [0.717, 1.165) is 11.6 Å². The summed E-state index contributed by atoms with van der Waals surface area (Å²) < 4.78 is 2.30. The molecule has 1 nitrogen and oxygen atoms in total. The van der Waals surface area contributed by atoms with Crippen LogP contribution in [0.25, 0.3) is 0 Å². The largest absolute Gasteiger partial charge is 0.365 e. The molecule has 0 fully saturated rings. The Balaban J connectivity index is 2.83. The third-order valence-electron chi connectivity index (χ3n) is 2.94. The van der Waals surface area contributed by atoms with Gasteiger partial charge in [0.25, 0.3) is 0 Å². The Morgan fingerprint density at radius 3 is 2.55 bits per heavy atom. The number of hydrogen-bond donors (Lipinski definition) is 0. The van der Waals surface area contributed by atoms with Gasteiger partial charge in [-0.25, -0.2) is 0 Å². The van der Waals surface area contributed by atoms with Crippen LogP contribution in [0.3, 0.4) is 0 Å². The molecule has 0 spiro atoms. The summed E-state index contributed by atoms with van der Waals surface area (Å²) in [7, 11) is 2.29. The van der Waals surface area contributed by atoms with E-state index in [2.05, 4.69) is 45.0 Å². The van der Waals surface area contributed by atoms with Crippen LogP contribution in [0.15, 0.2) is 0 Å². The molecule has 0 saturated carbocycles. The number of nitrogens with zero attached hydrogens (tertiary/aromatic N) is 1. The summed E-state index contributed by atoms with van der Waals surface area (Å²) in [6, 6.07) is 1.51. The molecule has 1 aliphatic rings. The predicted octanol–water partition coefficient (Wildman–Crippen LogP) is 2.36. The summed E-state index contributed by atoms with van der Waals surface area (Å²) in [5, 5.41) is 0. The highest BCUT2D eigenvalue weighted by molar-refractivity contribution is 7.72. The zero-order valence-electron chi connectivity index (χ0n) is 8.13. The van der Waals surface area contributed by atoms with Crippen molar-refractivity contribution >= 4 is 13.9 Å². The van der Waals surface area contributed by atoms with Crippen molar-refractivity contribution in [1.29, 1.82) is 0 Å². The summed E-state index contributed by atoms with van der Waals surface area (Å²) in [5.74, 6) is 3.15. The van der Waals surface area contributed by atoms with Crippen LogP contribution in [0, 0.1) is 12.0 Å². The molecule has 0 amide bonds. The molecule has 0 aromatic heterocycles. The molecule has 2 heteroatoms. The molecule has 11 heavy (non-hydrogen) atoms. The summed E-state index contributed by atoms with van der Waals surface area (Å²) >= 11 is 0. The van der Waals surface area contributed by atoms with Gasteiger partial charge in [-0.15, -0.1) is 7.92 Å². The van der Waals surface area contributed by atoms with Crippen LogP contribution in [-0.2, 0) is 0 Å². The monoisotopic (exact) mass is 171 g/mol. The van der Waals surface area contributed by atoms with Gasteiger partial charge in [-0.1, -0.05) is 27.4 Å². The van der Waals surface area contributed by atoms with E-state index in [4.69, 9.17) is 0 Å². The average molecular weight is 171 g/mol. The van der Waals surface area contributed by atoms with Crippen molar-refractivity contribution in [1.82, 2.24) is 0 Å². The summed E-state index contributed by atoms with van der Waals surface area (Å²) in [6.45, 7) is 9.30. The smallest absolute Gasteiger partial charge is 0.105 e. The molecule has 0 aromatic rings. The average Bonchev–Trinajstić information content (AvgIpc) is 1.97. The first kappa shape index (κ1) is 9.06. The van der Waals surface area contributed by atoms with Gasteiger partial charge in [-0.05, 0) is 11.6 Å². The molecule has 0 saturated heterocycles. The molecule has 0 N–H and O–H groups in total. The highest BCUT2D eigenvalue weighted by atomic mass is 31.1. The minimum Gasteiger partial charge on any atom is -0.365 e. The van der Waals surface area contributed by atoms with Crippen LogP contribution in [0.4, 0.5) is 0 Å². The summed E-state index contributed by atoms with van der Waals surface area (Å²) in [6.07, 6.45) is 0. The van der Waals surface area contributed by atoms with Crippen LogP contribution < -0.4 is 0 Å². The van der Waals surface area contributed by atoms with E-state index >= 15 is 0 Å². The molecular formula is C9H18NP. The molecule has 0 aliphatic carbocycles. The molecular weight excluding hydrogens is 153 g/mol. The van der Waals surface area contributed by atoms with E-state index in [1.807, 2.05) is 0 Å². The lowest BCUT2D eigenvalue weighted by molar-refractivity contribution is -0.484. The van der Waals surface area contributed by atoms with Crippen molar-refractivity contribution in [3.63, 3.8) is 0 Å². The lowest BCUT2D eigenvalue weighted by Crippen LogP contribution is -2.31. The molecule has 1 aliphatic heterocycles. The Labute approximate surface area is 71.3 Å². The van der Waals surface area contributed by atoms with Crippen molar-refractivity contribution < 1.29 is 4.58 Å². The number of rotatable bonds is 0. The SMILES string of the molecule is C[C-]1C(C)C(C)P(C)C=[N+]1C. The normalized spacial score (nSPS) is 38.8. The zero-order valence-corrected chi connectivity index (χ0v) is 9.02. The minimum atomic E-state index is 0.122. The molecule has 0 radical (unpaired) electrons. The lowest BCUT2D eigenvalue weighted by Gasteiger charge is -2.38. The fourth-order valence-electron chi connectivity index (χ4n) is 1.49. The van der Waals surface area contributed by atoms with Crippen LogP contribution in [0.2, 0.25) is 0 Å². The molecule has 0 aromatic carbocycles. The number of hydrogen-bond acceptors (Lipinski definition) is 0. The van der Waals surface area contributed by atoms with E-state index in [1.54, 1.807) is 0 Å². The van der Waals surface area contributed by atoms with E-state index in [1.165, 1.54) is 6.04 Å². The zero-order chi connectivity index (χ0) is 8.59. The van der Waals surface area contributed by atoms with Crippen LogP contribution >= 0.6 is 7.92 Å². The van der Waals surface area contributed by atoms with Gasteiger partial charge in [0.1, 0.15) is 7.05 Å². The van der Waals surface area contributed by atoms with Crippen LogP contribution in [0.5, 0.6) is 0 Å². The van der Waals surface area contributed by atoms with Crippen LogP contribution in [0.1, 0.15) is 20.8 Å². The molecule has 3 atom stereocenters. The van der Waals surface area contributed by atoms with Crippen molar-refractivity contribution in [2.75, 3.05) is 13.7 Å². The van der Waals surface area contributed by atoms with E-state index in [-0.39, 0.29) is 7.92 Å². The van der Waals surface area contributed by atoms with E-state index in [0.29, 0.717) is 0 Å². The molecule has 1 rings (SSSR count). The van der Waals surface area contributed by atoms with Gasteiger partial charge in [0.15, 0.2) is 0 Å². The Hall–Kier alpha value is -0.0300. The summed E-state index contributed by atoms with van der Waals surface area (Å²) in [4.78, 5) is 0. The Morgan fingerprint density at radius 1 is 1.45 bits per heavy atom. The fraction of sp³-hybridized carbons (Fsp3) is 0.778. The van der Waals surface area contributed by atoms with E-state index in [9.17, 15) is 0 Å². The van der Waals surface area contributed by atoms with E-state index < -0.39 is 0 Å². The second kappa shape index (κ2) is 3.15. The minimum absolute atomic E-state index is 0.122. The first-order chi connectivity index (χ1) is 5.04. The van der Waals surface area contributed by atoms with Crippen molar-refractivity contribution in [3.8, 4) is 0 Å². The van der Waals surface area contributed by atoms with Crippen molar-refractivity contribution in [2.45, 2.75) is 26.4 Å². The standard InChI is InChI=1S/C9H18NP/c1-7-8(2)10(4)6-11(5)9(7)3/h6-7,9H,1-5H3. The van der Waals surface area contributed by atoms with Gasteiger partial charge in [0, 0.05) is 12.0 Å². The van der Waals surface area contributed by atoms with Gasteiger partial charge >= 0.3 is 0 Å². The summed E-state index contributed by atoms with van der Waals surface area (Å²) in [5.41, 5.74) is 0.862. The predicted molar refractivity (Wildman–Crippen MR) is 52.6 cm³/mol. The Morgan fingerprint density at radius 2 is 2.00 bits per heavy atom. The molecule has 1 heterocycles. The van der Waals surface area contributed by atoms with Crippen LogP contribution in [-0.4, -0.2) is 29.9 Å². The quantitative estimate of drug-likeness (QED) is 0.299. The lowest BCUT2D eigenvalue weighted by atomic mass is 10.00. The molecule has 0 bridgehead atoms. The maximum absolute atomic E-state index is 2.38. The van der Waals surface area contributed by atoms with Gasteiger partial charge < -0.3 is 4.58 Å². The Kier molecular flexibility index (Phi) is 2.59. The van der Waals surface area contributed by atoms with Gasteiger partial charge in [0.2, 0.25) is 0 Å². The third kappa shape index (κ3) is 1.59. The van der Waals surface area contributed by atoms with Gasteiger partial charge in [-0.3, -0.25) is 0 Å². The highest BCUT2D eigenvalue weighted by Gasteiger charge is 2.26.